The largest absolute Gasteiger partial charge is 0.508 e. The normalized spacial score (nSPS) is 21.8. The van der Waals surface area contributed by atoms with Gasteiger partial charge in [0.1, 0.15) is 11.7 Å². The van der Waals surface area contributed by atoms with Crippen molar-refractivity contribution in [2.45, 2.75) is 12.1 Å². The van der Waals surface area contributed by atoms with Crippen LogP contribution in [0.4, 0.5) is 17.1 Å². The number of rotatable bonds is 4. The van der Waals surface area contributed by atoms with E-state index in [0.29, 0.717) is 11.3 Å². The third kappa shape index (κ3) is 3.54. The zero-order chi connectivity index (χ0) is 24.1. The summed E-state index contributed by atoms with van der Waals surface area (Å²) in [4.78, 5) is 44.6. The molecule has 0 saturated carbocycles. The lowest BCUT2D eigenvalue weighted by Crippen LogP contribution is -2.37. The highest BCUT2D eigenvalue weighted by Crippen LogP contribution is 2.48. The van der Waals surface area contributed by atoms with Gasteiger partial charge in [0.05, 0.1) is 32.4 Å². The first-order valence-electron chi connectivity index (χ1n) is 10.1. The van der Waals surface area contributed by atoms with Gasteiger partial charge in [-0.05, 0) is 42.0 Å². The van der Waals surface area contributed by atoms with E-state index in [1.54, 1.807) is 18.2 Å². The standard InChI is InChI=1S/C23H15Cl2N3O6/c24-17-9-6-13(11-18(17)25)26-22(30)19-20(12-4-7-16(29)8-5-12)27(34-21(19)23(26)31)14-2-1-3-15(10-14)28(32)33/h1-11,19-21,29H/t19-,20+,21-/m1/s1. The van der Waals surface area contributed by atoms with Crippen LogP contribution < -0.4 is 9.96 Å². The van der Waals surface area contributed by atoms with Crippen LogP contribution in [0.3, 0.4) is 0 Å². The first-order chi connectivity index (χ1) is 16.3. The van der Waals surface area contributed by atoms with E-state index in [-0.39, 0.29) is 27.2 Å². The minimum absolute atomic E-state index is 0.0207. The smallest absolute Gasteiger partial charge is 0.271 e. The average molecular weight is 500 g/mol. The quantitative estimate of drug-likeness (QED) is 0.315. The van der Waals surface area contributed by atoms with Gasteiger partial charge in [0, 0.05) is 12.1 Å². The molecule has 0 aromatic heterocycles. The summed E-state index contributed by atoms with van der Waals surface area (Å²) in [5.74, 6) is -2.04. The highest BCUT2D eigenvalue weighted by molar-refractivity contribution is 6.42. The van der Waals surface area contributed by atoms with Crippen LogP contribution in [0.2, 0.25) is 10.0 Å². The number of phenols is 1. The summed E-state index contributed by atoms with van der Waals surface area (Å²) < 4.78 is 0. The van der Waals surface area contributed by atoms with Crippen LogP contribution in [0.25, 0.3) is 0 Å². The molecule has 2 heterocycles. The molecule has 0 radical (unpaired) electrons. The van der Waals surface area contributed by atoms with Crippen molar-refractivity contribution < 1.29 is 24.5 Å². The summed E-state index contributed by atoms with van der Waals surface area (Å²) in [5.41, 5.74) is 0.976. The van der Waals surface area contributed by atoms with E-state index in [2.05, 4.69) is 0 Å². The number of hydroxylamine groups is 1. The molecule has 172 valence electrons. The number of nitrogens with zero attached hydrogens (tertiary/aromatic N) is 3. The van der Waals surface area contributed by atoms with E-state index in [4.69, 9.17) is 28.0 Å². The number of carbonyl (C=O) groups is 2. The maximum Gasteiger partial charge on any atom is 0.271 e. The van der Waals surface area contributed by atoms with Crippen LogP contribution in [0.5, 0.6) is 5.75 Å². The number of hydrogen-bond donors (Lipinski definition) is 1. The van der Waals surface area contributed by atoms with Crippen molar-refractivity contribution in [1.82, 2.24) is 0 Å². The molecule has 1 N–H and O–H groups in total. The Balaban J connectivity index is 1.59. The molecule has 2 aliphatic heterocycles. The fraction of sp³-hybridized carbons (Fsp3) is 0.130. The lowest BCUT2D eigenvalue weighted by atomic mass is 9.90. The number of hydrogen-bond acceptors (Lipinski definition) is 7. The molecular formula is C23H15Cl2N3O6. The lowest BCUT2D eigenvalue weighted by molar-refractivity contribution is -0.384. The third-order valence-electron chi connectivity index (χ3n) is 5.81. The Labute approximate surface area is 202 Å². The molecule has 34 heavy (non-hydrogen) atoms. The third-order valence-corrected chi connectivity index (χ3v) is 6.55. The van der Waals surface area contributed by atoms with Gasteiger partial charge in [-0.25, -0.2) is 9.96 Å². The van der Waals surface area contributed by atoms with Gasteiger partial charge in [0.2, 0.25) is 5.91 Å². The van der Waals surface area contributed by atoms with Crippen molar-refractivity contribution in [1.29, 1.82) is 0 Å². The summed E-state index contributed by atoms with van der Waals surface area (Å²) in [6.07, 6.45) is -1.17. The van der Waals surface area contributed by atoms with Crippen LogP contribution >= 0.6 is 23.2 Å². The number of nitro groups is 1. The number of anilines is 2. The average Bonchev–Trinajstić information content (AvgIpc) is 3.32. The van der Waals surface area contributed by atoms with Crippen molar-refractivity contribution in [2.24, 2.45) is 5.92 Å². The van der Waals surface area contributed by atoms with E-state index in [1.165, 1.54) is 53.6 Å². The van der Waals surface area contributed by atoms with Crippen LogP contribution in [0.1, 0.15) is 11.6 Å². The van der Waals surface area contributed by atoms with Crippen LogP contribution in [0, 0.1) is 16.0 Å². The molecule has 9 nitrogen and oxygen atoms in total. The van der Waals surface area contributed by atoms with E-state index in [1.807, 2.05) is 0 Å². The number of amides is 2. The first kappa shape index (κ1) is 22.1. The van der Waals surface area contributed by atoms with Gasteiger partial charge >= 0.3 is 0 Å². The van der Waals surface area contributed by atoms with Gasteiger partial charge in [0.25, 0.3) is 11.6 Å². The van der Waals surface area contributed by atoms with Crippen molar-refractivity contribution in [3.05, 3.63) is 92.5 Å². The summed E-state index contributed by atoms with van der Waals surface area (Å²) in [5, 5.41) is 22.8. The Kier molecular flexibility index (Phi) is 5.40. The number of carbonyl (C=O) groups excluding carboxylic acids is 2. The predicted molar refractivity (Wildman–Crippen MR) is 124 cm³/mol. The van der Waals surface area contributed by atoms with Crippen molar-refractivity contribution >= 4 is 52.1 Å². The molecule has 0 bridgehead atoms. The number of phenolic OH excluding ortho intramolecular Hbond substituents is 1. The van der Waals surface area contributed by atoms with E-state index in [9.17, 15) is 24.8 Å². The van der Waals surface area contributed by atoms with Gasteiger partial charge in [-0.2, -0.15) is 0 Å². The molecule has 0 unspecified atom stereocenters. The number of halogens is 2. The van der Waals surface area contributed by atoms with Gasteiger partial charge in [-0.1, -0.05) is 41.4 Å². The summed E-state index contributed by atoms with van der Waals surface area (Å²) >= 11 is 12.1. The van der Waals surface area contributed by atoms with E-state index >= 15 is 0 Å². The zero-order valence-electron chi connectivity index (χ0n) is 17.2. The molecule has 3 aromatic rings. The van der Waals surface area contributed by atoms with Gasteiger partial charge in [-0.3, -0.25) is 24.5 Å². The maximum absolute atomic E-state index is 13.6. The number of aromatic hydroxyl groups is 1. The molecule has 2 fully saturated rings. The van der Waals surface area contributed by atoms with Crippen LogP contribution in [-0.4, -0.2) is 27.9 Å². The monoisotopic (exact) mass is 499 g/mol. The fourth-order valence-corrected chi connectivity index (χ4v) is 4.56. The highest BCUT2D eigenvalue weighted by atomic mass is 35.5. The molecule has 3 atom stereocenters. The van der Waals surface area contributed by atoms with Crippen LogP contribution in [0.15, 0.2) is 66.7 Å². The fourth-order valence-electron chi connectivity index (χ4n) is 4.27. The highest BCUT2D eigenvalue weighted by Gasteiger charge is 2.60. The minimum Gasteiger partial charge on any atom is -0.508 e. The maximum atomic E-state index is 13.6. The number of fused-ring (bicyclic) bond motifs is 1. The van der Waals surface area contributed by atoms with E-state index in [0.717, 1.165) is 4.90 Å². The molecule has 0 spiro atoms. The van der Waals surface area contributed by atoms with Gasteiger partial charge < -0.3 is 5.11 Å². The molecular weight excluding hydrogens is 485 g/mol. The Morgan fingerprint density at radius 2 is 1.65 bits per heavy atom. The summed E-state index contributed by atoms with van der Waals surface area (Å²) in [6.45, 7) is 0. The predicted octanol–water partition coefficient (Wildman–Crippen LogP) is 4.66. The lowest BCUT2D eigenvalue weighted by Gasteiger charge is -2.28. The van der Waals surface area contributed by atoms with Crippen molar-refractivity contribution in [2.75, 3.05) is 9.96 Å². The molecule has 5 rings (SSSR count). The van der Waals surface area contributed by atoms with E-state index < -0.39 is 34.8 Å². The number of non-ortho nitro benzene ring substituents is 1. The number of imide groups is 1. The molecule has 2 aliphatic rings. The molecule has 2 saturated heterocycles. The summed E-state index contributed by atoms with van der Waals surface area (Å²) in [6, 6.07) is 15.5. The Morgan fingerprint density at radius 3 is 2.32 bits per heavy atom. The van der Waals surface area contributed by atoms with Gasteiger partial charge in [-0.15, -0.1) is 0 Å². The molecule has 2 amide bonds. The Bertz CT molecular complexity index is 1330. The molecule has 0 aliphatic carbocycles. The summed E-state index contributed by atoms with van der Waals surface area (Å²) in [7, 11) is 0. The SMILES string of the molecule is O=C1[C@H]2[C@@H](ON(c3cccc([N+](=O)[O-])c3)[C@H]2c2ccc(O)cc2)C(=O)N1c1ccc(Cl)c(Cl)c1. The van der Waals surface area contributed by atoms with Gasteiger partial charge in [0.15, 0.2) is 6.10 Å². The topological polar surface area (TPSA) is 113 Å². The van der Waals surface area contributed by atoms with Crippen LogP contribution in [-0.2, 0) is 14.4 Å². The first-order valence-corrected chi connectivity index (χ1v) is 10.8. The second-order valence-corrected chi connectivity index (χ2v) is 8.62. The molecule has 3 aromatic carbocycles. The van der Waals surface area contributed by atoms with Crippen molar-refractivity contribution in [3.63, 3.8) is 0 Å². The zero-order valence-corrected chi connectivity index (χ0v) is 18.7. The molecule has 11 heteroatoms. The van der Waals surface area contributed by atoms with Crippen molar-refractivity contribution in [3.8, 4) is 5.75 Å². The Morgan fingerprint density at radius 1 is 0.912 bits per heavy atom. The number of nitro benzene ring substituents is 1. The number of benzene rings is 3. The second kappa shape index (κ2) is 8.28. The minimum atomic E-state index is -1.17. The Hall–Kier alpha value is -3.66. The second-order valence-electron chi connectivity index (χ2n) is 7.80.